The molecule has 1 aromatic carbocycles. The first-order valence-electron chi connectivity index (χ1n) is 7.31. The molecule has 8 heteroatoms. The molecule has 2 aromatic heterocycles. The van der Waals surface area contributed by atoms with E-state index < -0.39 is 0 Å². The van der Waals surface area contributed by atoms with Crippen LogP contribution in [0.25, 0.3) is 11.3 Å². The van der Waals surface area contributed by atoms with Crippen molar-refractivity contribution in [2.45, 2.75) is 20.0 Å². The largest absolute Gasteiger partial charge is 0.438 e. The number of H-pyrrole nitrogens is 1. The van der Waals surface area contributed by atoms with E-state index in [2.05, 4.69) is 20.5 Å². The molecule has 0 spiro atoms. The van der Waals surface area contributed by atoms with E-state index in [1.165, 1.54) is 0 Å². The van der Waals surface area contributed by atoms with Gasteiger partial charge >= 0.3 is 0 Å². The molecule has 0 atom stereocenters. The summed E-state index contributed by atoms with van der Waals surface area (Å²) in [6, 6.07) is 8.89. The Labute approximate surface area is 143 Å². The molecule has 7 nitrogen and oxygen atoms in total. The number of nitrogens with two attached hydrogens (primary N) is 1. The summed E-state index contributed by atoms with van der Waals surface area (Å²) in [5, 5.41) is 9.95. The predicted octanol–water partition coefficient (Wildman–Crippen LogP) is 2.42. The predicted molar refractivity (Wildman–Crippen MR) is 89.3 cm³/mol. The van der Waals surface area contributed by atoms with Crippen LogP contribution < -0.4 is 11.1 Å². The summed E-state index contributed by atoms with van der Waals surface area (Å²) >= 11 is 5.89. The van der Waals surface area contributed by atoms with Gasteiger partial charge in [0.15, 0.2) is 5.76 Å². The van der Waals surface area contributed by atoms with E-state index in [0.717, 1.165) is 11.3 Å². The van der Waals surface area contributed by atoms with Crippen molar-refractivity contribution in [3.8, 4) is 11.3 Å². The third-order valence-corrected chi connectivity index (χ3v) is 3.68. The number of amides is 1. The van der Waals surface area contributed by atoms with Crippen LogP contribution in [-0.4, -0.2) is 21.1 Å². The van der Waals surface area contributed by atoms with Gasteiger partial charge in [0.2, 0.25) is 5.89 Å². The van der Waals surface area contributed by atoms with Crippen molar-refractivity contribution in [2.24, 2.45) is 5.73 Å². The molecule has 0 saturated carbocycles. The fourth-order valence-corrected chi connectivity index (χ4v) is 2.35. The Bertz CT molecular complexity index is 854. The first kappa shape index (κ1) is 16.2. The van der Waals surface area contributed by atoms with Crippen molar-refractivity contribution < 1.29 is 9.21 Å². The number of hydrogen-bond acceptors (Lipinski definition) is 5. The van der Waals surface area contributed by atoms with E-state index in [0.29, 0.717) is 28.9 Å². The van der Waals surface area contributed by atoms with Crippen molar-refractivity contribution in [1.29, 1.82) is 0 Å². The van der Waals surface area contributed by atoms with E-state index in [1.54, 1.807) is 18.2 Å². The molecule has 0 aliphatic heterocycles. The highest BCUT2D eigenvalue weighted by Gasteiger charge is 2.14. The van der Waals surface area contributed by atoms with Gasteiger partial charge < -0.3 is 15.5 Å². The summed E-state index contributed by atoms with van der Waals surface area (Å²) in [7, 11) is 0. The molecular weight excluding hydrogens is 330 g/mol. The van der Waals surface area contributed by atoms with E-state index in [-0.39, 0.29) is 18.1 Å². The maximum atomic E-state index is 12.0. The zero-order valence-corrected chi connectivity index (χ0v) is 13.7. The van der Waals surface area contributed by atoms with E-state index in [1.807, 2.05) is 19.1 Å². The Morgan fingerprint density at radius 1 is 1.38 bits per heavy atom. The first-order chi connectivity index (χ1) is 11.6. The molecule has 4 N–H and O–H groups in total. The second kappa shape index (κ2) is 6.86. The number of aryl methyl sites for hydroxylation is 1. The van der Waals surface area contributed by atoms with Gasteiger partial charge in [-0.25, -0.2) is 4.98 Å². The molecule has 0 aliphatic carbocycles. The standard InChI is InChI=1S/C16H16ClN5O2/c1-9-15(10-2-4-11(17)5-3-10)24-14(20-9)8-19-16(23)13-6-12(7-18)21-22-13/h2-6H,7-8,18H2,1H3,(H,19,23)(H,21,22). The normalized spacial score (nSPS) is 10.8. The van der Waals surface area contributed by atoms with Gasteiger partial charge in [0.05, 0.1) is 12.2 Å². The molecule has 0 aliphatic rings. The zero-order valence-electron chi connectivity index (χ0n) is 13.0. The van der Waals surface area contributed by atoms with Crippen LogP contribution in [0.3, 0.4) is 0 Å². The Morgan fingerprint density at radius 2 is 2.12 bits per heavy atom. The van der Waals surface area contributed by atoms with Crippen molar-refractivity contribution in [1.82, 2.24) is 20.5 Å². The number of carbonyl (C=O) groups excluding carboxylic acids is 1. The Morgan fingerprint density at radius 3 is 2.79 bits per heavy atom. The van der Waals surface area contributed by atoms with Crippen LogP contribution >= 0.6 is 11.6 Å². The summed E-state index contributed by atoms with van der Waals surface area (Å²) in [5.41, 5.74) is 8.06. The van der Waals surface area contributed by atoms with E-state index in [9.17, 15) is 4.79 Å². The summed E-state index contributed by atoms with van der Waals surface area (Å²) in [5.74, 6) is 0.747. The van der Waals surface area contributed by atoms with Gasteiger partial charge in [0.1, 0.15) is 5.69 Å². The summed E-state index contributed by atoms with van der Waals surface area (Å²) in [4.78, 5) is 16.4. The molecule has 24 heavy (non-hydrogen) atoms. The molecule has 3 rings (SSSR count). The average Bonchev–Trinajstić information content (AvgIpc) is 3.20. The Kier molecular flexibility index (Phi) is 4.64. The number of nitrogens with zero attached hydrogens (tertiary/aromatic N) is 2. The van der Waals surface area contributed by atoms with Crippen LogP contribution in [0.15, 0.2) is 34.7 Å². The number of carbonyl (C=O) groups is 1. The monoisotopic (exact) mass is 345 g/mol. The van der Waals surface area contributed by atoms with Crippen molar-refractivity contribution >= 4 is 17.5 Å². The van der Waals surface area contributed by atoms with Gasteiger partial charge in [0.25, 0.3) is 5.91 Å². The molecule has 3 aromatic rings. The minimum Gasteiger partial charge on any atom is -0.438 e. The van der Waals surface area contributed by atoms with E-state index >= 15 is 0 Å². The number of hydrogen-bond donors (Lipinski definition) is 3. The maximum Gasteiger partial charge on any atom is 0.272 e. The summed E-state index contributed by atoms with van der Waals surface area (Å²) in [6.07, 6.45) is 0. The first-order valence-corrected chi connectivity index (χ1v) is 7.69. The van der Waals surface area contributed by atoms with Crippen LogP contribution in [0, 0.1) is 6.92 Å². The van der Waals surface area contributed by atoms with Crippen LogP contribution in [0.4, 0.5) is 0 Å². The van der Waals surface area contributed by atoms with E-state index in [4.69, 9.17) is 21.8 Å². The van der Waals surface area contributed by atoms with Crippen molar-refractivity contribution in [2.75, 3.05) is 0 Å². The lowest BCUT2D eigenvalue weighted by Crippen LogP contribution is -2.23. The zero-order chi connectivity index (χ0) is 17.1. The van der Waals surface area contributed by atoms with Gasteiger partial charge in [-0.2, -0.15) is 5.10 Å². The number of halogens is 1. The minimum absolute atomic E-state index is 0.165. The lowest BCUT2D eigenvalue weighted by atomic mass is 10.1. The Balaban J connectivity index is 1.69. The highest BCUT2D eigenvalue weighted by molar-refractivity contribution is 6.30. The van der Waals surface area contributed by atoms with Gasteiger partial charge in [0, 0.05) is 22.8 Å². The molecule has 124 valence electrons. The lowest BCUT2D eigenvalue weighted by Gasteiger charge is -1.99. The van der Waals surface area contributed by atoms with Crippen molar-refractivity contribution in [3.63, 3.8) is 0 Å². The molecule has 0 bridgehead atoms. The molecule has 0 radical (unpaired) electrons. The number of benzene rings is 1. The average molecular weight is 346 g/mol. The third kappa shape index (κ3) is 3.47. The number of rotatable bonds is 5. The van der Waals surface area contributed by atoms with Gasteiger partial charge in [-0.05, 0) is 37.3 Å². The van der Waals surface area contributed by atoms with Crippen LogP contribution in [0.5, 0.6) is 0 Å². The highest BCUT2D eigenvalue weighted by atomic mass is 35.5. The number of aromatic amines is 1. The minimum atomic E-state index is -0.324. The smallest absolute Gasteiger partial charge is 0.272 e. The van der Waals surface area contributed by atoms with Crippen LogP contribution in [0.1, 0.15) is 27.8 Å². The number of nitrogens with one attached hydrogen (secondary N) is 2. The van der Waals surface area contributed by atoms with Gasteiger partial charge in [-0.1, -0.05) is 11.6 Å². The second-order valence-corrected chi connectivity index (χ2v) is 5.63. The fraction of sp³-hybridized carbons (Fsp3) is 0.188. The third-order valence-electron chi connectivity index (χ3n) is 3.43. The second-order valence-electron chi connectivity index (χ2n) is 5.19. The molecule has 0 saturated heterocycles. The molecule has 1 amide bonds. The van der Waals surface area contributed by atoms with Crippen LogP contribution in [0.2, 0.25) is 5.02 Å². The molecular formula is C16H16ClN5O2. The quantitative estimate of drug-likeness (QED) is 0.657. The maximum absolute atomic E-state index is 12.0. The number of aromatic nitrogens is 3. The van der Waals surface area contributed by atoms with Crippen molar-refractivity contribution in [3.05, 3.63) is 58.3 Å². The fourth-order valence-electron chi connectivity index (χ4n) is 2.23. The lowest BCUT2D eigenvalue weighted by molar-refractivity contribution is 0.0942. The molecule has 2 heterocycles. The van der Waals surface area contributed by atoms with Gasteiger partial charge in [-0.3, -0.25) is 9.89 Å². The van der Waals surface area contributed by atoms with Crippen LogP contribution in [-0.2, 0) is 13.1 Å². The topological polar surface area (TPSA) is 110 Å². The van der Waals surface area contributed by atoms with Gasteiger partial charge in [-0.15, -0.1) is 0 Å². The molecule has 0 unspecified atom stereocenters. The Hall–Kier alpha value is -2.64. The SMILES string of the molecule is Cc1nc(CNC(=O)c2cc(CN)[nH]n2)oc1-c1ccc(Cl)cc1. The summed E-state index contributed by atoms with van der Waals surface area (Å²) in [6.45, 7) is 2.31. The summed E-state index contributed by atoms with van der Waals surface area (Å²) < 4.78 is 5.74. The number of oxazole rings is 1. The highest BCUT2D eigenvalue weighted by Crippen LogP contribution is 2.25. The molecule has 0 fully saturated rings.